The molecular weight excluding hydrogens is 256 g/mol. The molecule has 3 rings (SSSR count). The number of aromatic nitrogens is 2. The fraction of sp³-hybridized carbons (Fsp3) is 0.714. The standard InChI is InChI=1S/C14H22N4O2/c1-9(2)17-6-10-5-11(13(15)20)16-18(10)8-14(7-17)4-3-12(14)19/h5,9,12,19H,3-4,6-8H2,1-2H3,(H2,15,20). The highest BCUT2D eigenvalue weighted by atomic mass is 16.3. The molecule has 1 aromatic heterocycles. The van der Waals surface area contributed by atoms with Crippen molar-refractivity contribution in [2.75, 3.05) is 6.54 Å². The number of nitrogens with two attached hydrogens (primary N) is 1. The highest BCUT2D eigenvalue weighted by Gasteiger charge is 2.49. The number of carbonyl (C=O) groups excluding carboxylic acids is 1. The Morgan fingerprint density at radius 3 is 2.80 bits per heavy atom. The number of amides is 1. The minimum Gasteiger partial charge on any atom is -0.392 e. The van der Waals surface area contributed by atoms with Gasteiger partial charge in [0, 0.05) is 24.5 Å². The highest BCUT2D eigenvalue weighted by molar-refractivity contribution is 5.90. The predicted molar refractivity (Wildman–Crippen MR) is 74.0 cm³/mol. The molecule has 2 atom stereocenters. The second-order valence-corrected chi connectivity index (χ2v) is 6.46. The maximum absolute atomic E-state index is 11.3. The summed E-state index contributed by atoms with van der Waals surface area (Å²) in [5.41, 5.74) is 6.51. The number of primary amides is 1. The zero-order valence-electron chi connectivity index (χ0n) is 12.0. The molecule has 2 aliphatic rings. The lowest BCUT2D eigenvalue weighted by Crippen LogP contribution is -2.54. The van der Waals surface area contributed by atoms with Gasteiger partial charge in [-0.1, -0.05) is 0 Å². The van der Waals surface area contributed by atoms with Gasteiger partial charge in [0.1, 0.15) is 5.69 Å². The van der Waals surface area contributed by atoms with Crippen LogP contribution in [0.2, 0.25) is 0 Å². The number of nitrogens with zero attached hydrogens (tertiary/aromatic N) is 3. The van der Waals surface area contributed by atoms with E-state index >= 15 is 0 Å². The topological polar surface area (TPSA) is 84.4 Å². The minimum absolute atomic E-state index is 0.129. The van der Waals surface area contributed by atoms with Crippen molar-refractivity contribution >= 4 is 5.91 Å². The zero-order chi connectivity index (χ0) is 14.5. The summed E-state index contributed by atoms with van der Waals surface area (Å²) in [4.78, 5) is 13.7. The number of fused-ring (bicyclic) bond motifs is 1. The van der Waals surface area contributed by atoms with E-state index in [0.717, 1.165) is 31.6 Å². The molecule has 0 radical (unpaired) electrons. The number of carbonyl (C=O) groups is 1. The molecular formula is C14H22N4O2. The molecule has 20 heavy (non-hydrogen) atoms. The molecule has 6 heteroatoms. The first-order valence-corrected chi connectivity index (χ1v) is 7.20. The summed E-state index contributed by atoms with van der Waals surface area (Å²) in [5.74, 6) is -0.495. The Morgan fingerprint density at radius 2 is 2.30 bits per heavy atom. The number of aliphatic hydroxyl groups excluding tert-OH is 1. The SMILES string of the molecule is CC(C)N1Cc2cc(C(N)=O)nn2CC2(CCC2O)C1. The van der Waals surface area contributed by atoms with Crippen molar-refractivity contribution in [3.8, 4) is 0 Å². The fourth-order valence-electron chi connectivity index (χ4n) is 3.27. The van der Waals surface area contributed by atoms with Gasteiger partial charge in [0.05, 0.1) is 18.3 Å². The van der Waals surface area contributed by atoms with Crippen LogP contribution >= 0.6 is 0 Å². The molecule has 110 valence electrons. The van der Waals surface area contributed by atoms with Crippen molar-refractivity contribution in [3.63, 3.8) is 0 Å². The van der Waals surface area contributed by atoms with Crippen LogP contribution in [-0.4, -0.2) is 44.4 Å². The molecule has 0 saturated heterocycles. The van der Waals surface area contributed by atoms with Gasteiger partial charge in [-0.2, -0.15) is 5.10 Å². The van der Waals surface area contributed by atoms with Crippen molar-refractivity contribution < 1.29 is 9.90 Å². The summed E-state index contributed by atoms with van der Waals surface area (Å²) in [6, 6.07) is 2.17. The molecule has 6 nitrogen and oxygen atoms in total. The third-order valence-corrected chi connectivity index (χ3v) is 4.82. The Bertz CT molecular complexity index is 539. The van der Waals surface area contributed by atoms with E-state index in [1.165, 1.54) is 0 Å². The fourth-order valence-corrected chi connectivity index (χ4v) is 3.27. The maximum atomic E-state index is 11.3. The molecule has 2 unspecified atom stereocenters. The minimum atomic E-state index is -0.495. The quantitative estimate of drug-likeness (QED) is 0.817. The summed E-state index contributed by atoms with van der Waals surface area (Å²) in [6.07, 6.45) is 1.57. The average Bonchev–Trinajstić information content (AvgIpc) is 2.70. The number of hydrogen-bond donors (Lipinski definition) is 2. The van der Waals surface area contributed by atoms with E-state index in [4.69, 9.17) is 5.73 Å². The Balaban J connectivity index is 1.98. The third-order valence-electron chi connectivity index (χ3n) is 4.82. The van der Waals surface area contributed by atoms with Crippen LogP contribution in [0.15, 0.2) is 6.07 Å². The molecule has 1 aliphatic heterocycles. The lowest BCUT2D eigenvalue weighted by atomic mass is 9.65. The smallest absolute Gasteiger partial charge is 0.269 e. The number of hydrogen-bond acceptors (Lipinski definition) is 4. The molecule has 1 aromatic rings. The van der Waals surface area contributed by atoms with E-state index in [1.807, 2.05) is 4.68 Å². The van der Waals surface area contributed by atoms with Gasteiger partial charge in [0.15, 0.2) is 0 Å². The Kier molecular flexibility index (Phi) is 3.10. The van der Waals surface area contributed by atoms with Gasteiger partial charge in [-0.05, 0) is 32.8 Å². The Morgan fingerprint density at radius 1 is 1.55 bits per heavy atom. The number of rotatable bonds is 2. The highest BCUT2D eigenvalue weighted by Crippen LogP contribution is 2.45. The van der Waals surface area contributed by atoms with Gasteiger partial charge in [-0.3, -0.25) is 14.4 Å². The summed E-state index contributed by atoms with van der Waals surface area (Å²) >= 11 is 0. The molecule has 1 spiro atoms. The molecule has 0 bridgehead atoms. The molecule has 0 aromatic carbocycles. The summed E-state index contributed by atoms with van der Waals surface area (Å²) in [5, 5.41) is 14.6. The lowest BCUT2D eigenvalue weighted by Gasteiger charge is -2.48. The van der Waals surface area contributed by atoms with E-state index in [2.05, 4.69) is 23.8 Å². The number of aliphatic hydroxyl groups is 1. The van der Waals surface area contributed by atoms with Crippen LogP contribution in [0.4, 0.5) is 0 Å². The van der Waals surface area contributed by atoms with E-state index in [9.17, 15) is 9.90 Å². The monoisotopic (exact) mass is 278 g/mol. The largest absolute Gasteiger partial charge is 0.392 e. The van der Waals surface area contributed by atoms with Crippen LogP contribution in [0, 0.1) is 5.41 Å². The van der Waals surface area contributed by atoms with Gasteiger partial charge in [-0.25, -0.2) is 0 Å². The van der Waals surface area contributed by atoms with E-state index in [1.54, 1.807) is 6.07 Å². The van der Waals surface area contributed by atoms with E-state index < -0.39 is 5.91 Å². The van der Waals surface area contributed by atoms with E-state index in [0.29, 0.717) is 18.3 Å². The average molecular weight is 278 g/mol. The van der Waals surface area contributed by atoms with Gasteiger partial charge < -0.3 is 10.8 Å². The third kappa shape index (κ3) is 2.03. The van der Waals surface area contributed by atoms with Gasteiger partial charge in [-0.15, -0.1) is 0 Å². The predicted octanol–water partition coefficient (Wildman–Crippen LogP) is 0.347. The molecule has 1 amide bonds. The van der Waals surface area contributed by atoms with Crippen molar-refractivity contribution in [2.45, 2.75) is 51.9 Å². The van der Waals surface area contributed by atoms with Crippen LogP contribution in [0.5, 0.6) is 0 Å². The molecule has 1 fully saturated rings. The van der Waals surface area contributed by atoms with Crippen LogP contribution < -0.4 is 5.73 Å². The van der Waals surface area contributed by atoms with Gasteiger partial charge in [0.2, 0.25) is 0 Å². The summed E-state index contributed by atoms with van der Waals surface area (Å²) < 4.78 is 1.87. The second kappa shape index (κ2) is 4.56. The Hall–Kier alpha value is -1.40. The van der Waals surface area contributed by atoms with Crippen molar-refractivity contribution in [1.82, 2.24) is 14.7 Å². The van der Waals surface area contributed by atoms with Crippen molar-refractivity contribution in [3.05, 3.63) is 17.5 Å². The molecule has 1 saturated carbocycles. The first-order chi connectivity index (χ1) is 9.41. The van der Waals surface area contributed by atoms with Gasteiger partial charge >= 0.3 is 0 Å². The molecule has 2 heterocycles. The first-order valence-electron chi connectivity index (χ1n) is 7.20. The van der Waals surface area contributed by atoms with Crippen molar-refractivity contribution in [1.29, 1.82) is 0 Å². The first kappa shape index (κ1) is 13.6. The normalized spacial score (nSPS) is 30.1. The zero-order valence-corrected chi connectivity index (χ0v) is 12.0. The second-order valence-electron chi connectivity index (χ2n) is 6.46. The molecule has 3 N–H and O–H groups in total. The van der Waals surface area contributed by atoms with E-state index in [-0.39, 0.29) is 11.5 Å². The van der Waals surface area contributed by atoms with Crippen LogP contribution in [0.1, 0.15) is 42.9 Å². The van der Waals surface area contributed by atoms with Crippen molar-refractivity contribution in [2.24, 2.45) is 11.1 Å². The Labute approximate surface area is 118 Å². The summed E-state index contributed by atoms with van der Waals surface area (Å²) in [6.45, 7) is 6.59. The molecule has 1 aliphatic carbocycles. The van der Waals surface area contributed by atoms with Crippen LogP contribution in [0.3, 0.4) is 0 Å². The van der Waals surface area contributed by atoms with Crippen LogP contribution in [-0.2, 0) is 13.1 Å². The maximum Gasteiger partial charge on any atom is 0.269 e. The lowest BCUT2D eigenvalue weighted by molar-refractivity contribution is -0.0942. The summed E-state index contributed by atoms with van der Waals surface area (Å²) in [7, 11) is 0. The van der Waals surface area contributed by atoms with Crippen LogP contribution in [0.25, 0.3) is 0 Å². The van der Waals surface area contributed by atoms with Gasteiger partial charge in [0.25, 0.3) is 5.91 Å².